The van der Waals surface area contributed by atoms with Gasteiger partial charge in [-0.2, -0.15) is 0 Å². The summed E-state index contributed by atoms with van der Waals surface area (Å²) in [5.74, 6) is 0. The molecule has 25 heavy (non-hydrogen) atoms. The fourth-order valence-corrected chi connectivity index (χ4v) is 3.79. The van der Waals surface area contributed by atoms with Crippen molar-refractivity contribution >= 4 is 23.7 Å². The summed E-state index contributed by atoms with van der Waals surface area (Å²) in [4.78, 5) is 15.7. The first-order valence-electron chi connectivity index (χ1n) is 8.31. The number of nitro groups is 1. The van der Waals surface area contributed by atoms with E-state index in [9.17, 15) is 15.3 Å². The van der Waals surface area contributed by atoms with E-state index in [0.717, 1.165) is 40.3 Å². The molecule has 7 heteroatoms. The van der Waals surface area contributed by atoms with Crippen molar-refractivity contribution in [1.29, 1.82) is 0 Å². The molecule has 0 aliphatic heterocycles. The standard InChI is InChI=1S/C18H19N3O3S/c22-20(15-6-2-1-3-7-15)13-14-12-16(21(23)24)9-10-17(14)25-18-8-4-5-11-19-18/h4-5,8-13,15H,1-3,6-7H2/b20-13-. The molecule has 1 aromatic carbocycles. The van der Waals surface area contributed by atoms with Crippen molar-refractivity contribution in [1.82, 2.24) is 4.98 Å². The molecule has 130 valence electrons. The van der Waals surface area contributed by atoms with Gasteiger partial charge < -0.3 is 5.21 Å². The molecule has 1 fully saturated rings. The molecule has 0 bridgehead atoms. The molecule has 3 rings (SSSR count). The summed E-state index contributed by atoms with van der Waals surface area (Å²) in [5, 5.41) is 24.4. The van der Waals surface area contributed by atoms with Crippen LogP contribution in [0.15, 0.2) is 52.5 Å². The highest BCUT2D eigenvalue weighted by atomic mass is 32.2. The molecular weight excluding hydrogens is 338 g/mol. The van der Waals surface area contributed by atoms with Gasteiger partial charge in [-0.15, -0.1) is 0 Å². The van der Waals surface area contributed by atoms with Gasteiger partial charge in [0.25, 0.3) is 5.69 Å². The molecule has 1 saturated carbocycles. The van der Waals surface area contributed by atoms with Gasteiger partial charge in [0.1, 0.15) is 5.03 Å². The van der Waals surface area contributed by atoms with E-state index in [2.05, 4.69) is 4.98 Å². The number of nitrogens with zero attached hydrogens (tertiary/aromatic N) is 3. The Morgan fingerprint density at radius 2 is 1.92 bits per heavy atom. The highest BCUT2D eigenvalue weighted by Gasteiger charge is 2.21. The lowest BCUT2D eigenvalue weighted by Crippen LogP contribution is -2.25. The minimum absolute atomic E-state index is 0.0198. The Morgan fingerprint density at radius 1 is 1.12 bits per heavy atom. The van der Waals surface area contributed by atoms with E-state index in [0.29, 0.717) is 5.56 Å². The van der Waals surface area contributed by atoms with Gasteiger partial charge in [0.2, 0.25) is 0 Å². The number of hydrogen-bond donors (Lipinski definition) is 0. The van der Waals surface area contributed by atoms with E-state index < -0.39 is 4.92 Å². The largest absolute Gasteiger partial charge is 0.624 e. The molecule has 1 aromatic heterocycles. The third kappa shape index (κ3) is 4.57. The molecular formula is C18H19N3O3S. The number of rotatable bonds is 5. The van der Waals surface area contributed by atoms with Crippen LogP contribution < -0.4 is 0 Å². The smallest absolute Gasteiger partial charge is 0.270 e. The summed E-state index contributed by atoms with van der Waals surface area (Å²) < 4.78 is 0.973. The average molecular weight is 357 g/mol. The first-order valence-corrected chi connectivity index (χ1v) is 9.13. The summed E-state index contributed by atoms with van der Waals surface area (Å²) in [6, 6.07) is 10.1. The second kappa shape index (κ2) is 8.11. The molecule has 0 amide bonds. The summed E-state index contributed by atoms with van der Waals surface area (Å²) in [5.41, 5.74) is 0.541. The van der Waals surface area contributed by atoms with Gasteiger partial charge in [-0.05, 0) is 31.0 Å². The van der Waals surface area contributed by atoms with Crippen LogP contribution in [0.4, 0.5) is 5.69 Å². The monoisotopic (exact) mass is 357 g/mol. The Morgan fingerprint density at radius 3 is 2.60 bits per heavy atom. The molecule has 0 unspecified atom stereocenters. The fraction of sp³-hybridized carbons (Fsp3) is 0.333. The molecule has 0 atom stereocenters. The molecule has 1 aliphatic rings. The van der Waals surface area contributed by atoms with E-state index >= 15 is 0 Å². The fourth-order valence-electron chi connectivity index (χ4n) is 2.94. The van der Waals surface area contributed by atoms with E-state index in [1.54, 1.807) is 12.3 Å². The van der Waals surface area contributed by atoms with Gasteiger partial charge in [-0.1, -0.05) is 24.2 Å². The van der Waals surface area contributed by atoms with Gasteiger partial charge in [-0.3, -0.25) is 10.1 Å². The minimum atomic E-state index is -0.442. The Bertz CT molecular complexity index is 774. The highest BCUT2D eigenvalue weighted by molar-refractivity contribution is 7.99. The topological polar surface area (TPSA) is 82.1 Å². The van der Waals surface area contributed by atoms with Crippen molar-refractivity contribution in [3.8, 4) is 0 Å². The summed E-state index contributed by atoms with van der Waals surface area (Å²) >= 11 is 1.39. The van der Waals surface area contributed by atoms with Gasteiger partial charge in [0.15, 0.2) is 12.3 Å². The summed E-state index contributed by atoms with van der Waals surface area (Å²) in [7, 11) is 0. The van der Waals surface area contributed by atoms with E-state index in [1.165, 1.54) is 36.5 Å². The Kier molecular flexibility index (Phi) is 5.65. The number of aromatic nitrogens is 1. The highest BCUT2D eigenvalue weighted by Crippen LogP contribution is 2.31. The SMILES string of the molecule is O=[N+]([O-])c1ccc(Sc2ccccn2)c(/C=[N+](\[O-])C2CCCCC2)c1. The Hall–Kier alpha value is -2.41. The minimum Gasteiger partial charge on any atom is -0.624 e. The molecule has 1 heterocycles. The van der Waals surface area contributed by atoms with Crippen molar-refractivity contribution in [3.63, 3.8) is 0 Å². The number of hydroxylamine groups is 1. The zero-order chi connectivity index (χ0) is 17.6. The van der Waals surface area contributed by atoms with Gasteiger partial charge in [-0.25, -0.2) is 9.72 Å². The average Bonchev–Trinajstić information content (AvgIpc) is 2.64. The van der Waals surface area contributed by atoms with Crippen LogP contribution in [0.1, 0.15) is 37.7 Å². The maximum Gasteiger partial charge on any atom is 0.270 e. The van der Waals surface area contributed by atoms with Crippen LogP contribution in [-0.4, -0.2) is 26.9 Å². The number of pyridine rings is 1. The molecule has 1 aliphatic carbocycles. The van der Waals surface area contributed by atoms with Crippen molar-refractivity contribution in [2.75, 3.05) is 0 Å². The van der Waals surface area contributed by atoms with Crippen LogP contribution in [0.5, 0.6) is 0 Å². The molecule has 0 saturated heterocycles. The third-order valence-corrected chi connectivity index (χ3v) is 5.30. The Balaban J connectivity index is 1.93. The lowest BCUT2D eigenvalue weighted by Gasteiger charge is -2.21. The van der Waals surface area contributed by atoms with Crippen molar-refractivity contribution in [3.05, 3.63) is 63.5 Å². The van der Waals surface area contributed by atoms with Crippen molar-refractivity contribution in [2.45, 2.75) is 48.1 Å². The lowest BCUT2D eigenvalue weighted by atomic mass is 9.96. The lowest BCUT2D eigenvalue weighted by molar-refractivity contribution is -0.500. The van der Waals surface area contributed by atoms with E-state index in [-0.39, 0.29) is 11.7 Å². The van der Waals surface area contributed by atoms with Gasteiger partial charge in [0.05, 0.1) is 10.5 Å². The second-order valence-corrected chi connectivity index (χ2v) is 7.09. The molecule has 0 radical (unpaired) electrons. The first kappa shape index (κ1) is 17.4. The van der Waals surface area contributed by atoms with Gasteiger partial charge in [0, 0.05) is 36.1 Å². The Labute approximate surface area is 150 Å². The quantitative estimate of drug-likeness (QED) is 0.260. The van der Waals surface area contributed by atoms with Crippen LogP contribution in [0.3, 0.4) is 0 Å². The normalized spacial score (nSPS) is 15.9. The van der Waals surface area contributed by atoms with Crippen LogP contribution in [0.25, 0.3) is 0 Å². The molecule has 2 aromatic rings. The van der Waals surface area contributed by atoms with Crippen LogP contribution >= 0.6 is 11.8 Å². The first-order chi connectivity index (χ1) is 12.1. The van der Waals surface area contributed by atoms with E-state index in [4.69, 9.17) is 0 Å². The molecule has 6 nitrogen and oxygen atoms in total. The predicted molar refractivity (Wildman–Crippen MR) is 97.1 cm³/mol. The predicted octanol–water partition coefficient (Wildman–Crippen LogP) is 4.40. The molecule has 0 spiro atoms. The summed E-state index contributed by atoms with van der Waals surface area (Å²) in [6.45, 7) is 0. The molecule has 0 N–H and O–H groups in total. The van der Waals surface area contributed by atoms with Crippen LogP contribution in [0, 0.1) is 15.3 Å². The second-order valence-electron chi connectivity index (χ2n) is 6.03. The van der Waals surface area contributed by atoms with Crippen molar-refractivity contribution < 1.29 is 9.66 Å². The number of benzene rings is 1. The summed E-state index contributed by atoms with van der Waals surface area (Å²) in [6.07, 6.45) is 8.22. The van der Waals surface area contributed by atoms with E-state index in [1.807, 2.05) is 18.2 Å². The van der Waals surface area contributed by atoms with Gasteiger partial charge >= 0.3 is 0 Å². The zero-order valence-electron chi connectivity index (χ0n) is 13.7. The number of hydrogen-bond acceptors (Lipinski definition) is 5. The van der Waals surface area contributed by atoms with Crippen LogP contribution in [-0.2, 0) is 0 Å². The number of non-ortho nitro benzene ring substituents is 1. The van der Waals surface area contributed by atoms with Crippen molar-refractivity contribution in [2.24, 2.45) is 0 Å². The maximum atomic E-state index is 12.5. The number of nitro benzene ring substituents is 1. The van der Waals surface area contributed by atoms with Crippen LogP contribution in [0.2, 0.25) is 0 Å². The maximum absolute atomic E-state index is 12.5. The zero-order valence-corrected chi connectivity index (χ0v) is 14.5. The third-order valence-electron chi connectivity index (χ3n) is 4.26.